The monoisotopic (exact) mass is 919 g/mol. The first-order chi connectivity index (χ1) is 31.8. The van der Waals surface area contributed by atoms with Crippen molar-refractivity contribution >= 4 is 17.9 Å². The predicted octanol–water partition coefficient (Wildman–Crippen LogP) is 19.3. The van der Waals surface area contributed by atoms with Crippen LogP contribution >= 0.6 is 0 Å². The Bertz CT molecular complexity index is 995. The van der Waals surface area contributed by atoms with Crippen LogP contribution in [-0.2, 0) is 28.6 Å². The summed E-state index contributed by atoms with van der Waals surface area (Å²) in [5, 5.41) is 0. The molecule has 6 nitrogen and oxygen atoms in total. The number of rotatable bonds is 53. The van der Waals surface area contributed by atoms with Gasteiger partial charge in [-0.15, -0.1) is 0 Å². The molecule has 386 valence electrons. The lowest BCUT2D eigenvalue weighted by Gasteiger charge is -2.18. The molecule has 1 unspecified atom stereocenters. The van der Waals surface area contributed by atoms with Gasteiger partial charge in [-0.05, 0) is 31.1 Å². The van der Waals surface area contributed by atoms with Crippen molar-refractivity contribution in [1.29, 1.82) is 0 Å². The highest BCUT2D eigenvalue weighted by Gasteiger charge is 2.19. The van der Waals surface area contributed by atoms with E-state index in [1.807, 2.05) is 0 Å². The summed E-state index contributed by atoms with van der Waals surface area (Å²) in [6.45, 7) is 11.4. The van der Waals surface area contributed by atoms with Gasteiger partial charge in [-0.3, -0.25) is 14.4 Å². The minimum absolute atomic E-state index is 0.0629. The molecule has 0 amide bonds. The van der Waals surface area contributed by atoms with E-state index < -0.39 is 6.10 Å². The Labute approximate surface area is 406 Å². The highest BCUT2D eigenvalue weighted by atomic mass is 16.6. The molecule has 0 spiro atoms. The van der Waals surface area contributed by atoms with Gasteiger partial charge in [0.25, 0.3) is 0 Å². The second-order valence-corrected chi connectivity index (χ2v) is 21.0. The molecule has 0 aliphatic rings. The van der Waals surface area contributed by atoms with Crippen LogP contribution in [0.15, 0.2) is 0 Å². The standard InChI is InChI=1S/C59H114O6/c1-6-8-9-10-11-12-13-14-15-19-23-26-29-36-41-46-51-59(62)65-56(53-64-58(61)50-45-40-35-31-30-33-38-43-48-55(5)7-2)52-63-57(60)49-44-39-34-28-25-22-20-17-16-18-21-24-27-32-37-42-47-54(3)4/h54-56H,6-53H2,1-5H3/t55?,56-/m1/s1. The number of esters is 3. The molecule has 0 fully saturated rings. The molecule has 0 radical (unpaired) electrons. The summed E-state index contributed by atoms with van der Waals surface area (Å²) >= 11 is 0. The molecular weight excluding hydrogens is 805 g/mol. The average molecular weight is 920 g/mol. The Morgan fingerprint density at radius 3 is 0.877 bits per heavy atom. The summed E-state index contributed by atoms with van der Waals surface area (Å²) in [6, 6.07) is 0. The Morgan fingerprint density at radius 1 is 0.323 bits per heavy atom. The van der Waals surface area contributed by atoms with E-state index in [1.54, 1.807) is 0 Å². The molecule has 0 aliphatic carbocycles. The van der Waals surface area contributed by atoms with Gasteiger partial charge in [0, 0.05) is 19.3 Å². The summed E-state index contributed by atoms with van der Waals surface area (Å²) in [5.74, 6) is 0.861. The summed E-state index contributed by atoms with van der Waals surface area (Å²) in [5.41, 5.74) is 0. The minimum atomic E-state index is -0.763. The van der Waals surface area contributed by atoms with Crippen molar-refractivity contribution in [2.75, 3.05) is 13.2 Å². The molecule has 0 bridgehead atoms. The van der Waals surface area contributed by atoms with Crippen molar-refractivity contribution in [3.63, 3.8) is 0 Å². The molecule has 65 heavy (non-hydrogen) atoms. The van der Waals surface area contributed by atoms with E-state index in [4.69, 9.17) is 14.2 Å². The van der Waals surface area contributed by atoms with Crippen molar-refractivity contribution in [3.05, 3.63) is 0 Å². The largest absolute Gasteiger partial charge is 0.462 e. The van der Waals surface area contributed by atoms with Crippen LogP contribution in [0.5, 0.6) is 0 Å². The molecule has 0 rings (SSSR count). The van der Waals surface area contributed by atoms with Crippen LogP contribution < -0.4 is 0 Å². The van der Waals surface area contributed by atoms with Gasteiger partial charge in [0.2, 0.25) is 0 Å². The molecule has 0 aliphatic heterocycles. The van der Waals surface area contributed by atoms with Gasteiger partial charge in [0.1, 0.15) is 13.2 Å². The second kappa shape index (κ2) is 51.8. The van der Waals surface area contributed by atoms with Crippen LogP contribution in [0.4, 0.5) is 0 Å². The molecule has 0 aromatic rings. The lowest BCUT2D eigenvalue weighted by Crippen LogP contribution is -2.30. The fourth-order valence-electron chi connectivity index (χ4n) is 9.02. The van der Waals surface area contributed by atoms with E-state index in [-0.39, 0.29) is 31.1 Å². The maximum atomic E-state index is 12.8. The van der Waals surface area contributed by atoms with Crippen LogP contribution in [0.2, 0.25) is 0 Å². The predicted molar refractivity (Wildman–Crippen MR) is 280 cm³/mol. The summed E-state index contributed by atoms with van der Waals surface area (Å²) in [4.78, 5) is 38.1. The van der Waals surface area contributed by atoms with Gasteiger partial charge in [0.15, 0.2) is 6.10 Å². The zero-order valence-corrected chi connectivity index (χ0v) is 44.6. The van der Waals surface area contributed by atoms with E-state index in [9.17, 15) is 14.4 Å². The molecule has 0 saturated heterocycles. The number of ether oxygens (including phenoxy) is 3. The van der Waals surface area contributed by atoms with E-state index in [2.05, 4.69) is 34.6 Å². The molecule has 2 atom stereocenters. The minimum Gasteiger partial charge on any atom is -0.462 e. The number of hydrogen-bond donors (Lipinski definition) is 0. The van der Waals surface area contributed by atoms with E-state index in [0.717, 1.165) is 69.6 Å². The van der Waals surface area contributed by atoms with Gasteiger partial charge in [-0.2, -0.15) is 0 Å². The fourth-order valence-corrected chi connectivity index (χ4v) is 9.02. The third-order valence-corrected chi connectivity index (χ3v) is 13.8. The van der Waals surface area contributed by atoms with Crippen molar-refractivity contribution in [2.24, 2.45) is 11.8 Å². The fraction of sp³-hybridized carbons (Fsp3) is 0.949. The Kier molecular flexibility index (Phi) is 50.5. The first-order valence-electron chi connectivity index (χ1n) is 29.3. The SMILES string of the molecule is CCCCCCCCCCCCCCCCCCC(=O)O[C@H](COC(=O)CCCCCCCCCCCCCCCCCCC(C)C)COC(=O)CCCCCCCCCCC(C)CC. The second-order valence-electron chi connectivity index (χ2n) is 21.0. The van der Waals surface area contributed by atoms with Crippen LogP contribution in [0, 0.1) is 11.8 Å². The van der Waals surface area contributed by atoms with E-state index in [0.29, 0.717) is 19.3 Å². The molecule has 6 heteroatoms. The van der Waals surface area contributed by atoms with Gasteiger partial charge in [-0.25, -0.2) is 0 Å². The molecule has 0 aromatic carbocycles. The normalized spacial score (nSPS) is 12.5. The van der Waals surface area contributed by atoms with E-state index >= 15 is 0 Å². The zero-order valence-electron chi connectivity index (χ0n) is 44.6. The number of carbonyl (C=O) groups excluding carboxylic acids is 3. The third-order valence-electron chi connectivity index (χ3n) is 13.8. The first-order valence-corrected chi connectivity index (χ1v) is 29.3. The molecule has 0 N–H and O–H groups in total. The summed E-state index contributed by atoms with van der Waals surface area (Å²) in [6.07, 6.45) is 55.2. The maximum absolute atomic E-state index is 12.8. The Hall–Kier alpha value is -1.59. The number of carbonyl (C=O) groups is 3. The lowest BCUT2D eigenvalue weighted by molar-refractivity contribution is -0.167. The van der Waals surface area contributed by atoms with Gasteiger partial charge in [-0.1, -0.05) is 291 Å². The Balaban J connectivity index is 4.27. The molecule has 0 aromatic heterocycles. The van der Waals surface area contributed by atoms with Gasteiger partial charge in [0.05, 0.1) is 0 Å². The van der Waals surface area contributed by atoms with Crippen LogP contribution in [-0.4, -0.2) is 37.2 Å². The smallest absolute Gasteiger partial charge is 0.306 e. The van der Waals surface area contributed by atoms with Crippen molar-refractivity contribution in [2.45, 2.75) is 336 Å². The maximum Gasteiger partial charge on any atom is 0.306 e. The van der Waals surface area contributed by atoms with Gasteiger partial charge < -0.3 is 14.2 Å². The zero-order chi connectivity index (χ0) is 47.5. The number of hydrogen-bond acceptors (Lipinski definition) is 6. The highest BCUT2D eigenvalue weighted by Crippen LogP contribution is 2.19. The van der Waals surface area contributed by atoms with Gasteiger partial charge >= 0.3 is 17.9 Å². The highest BCUT2D eigenvalue weighted by molar-refractivity contribution is 5.71. The quantitative estimate of drug-likeness (QED) is 0.0344. The third kappa shape index (κ3) is 51.6. The average Bonchev–Trinajstić information content (AvgIpc) is 3.29. The first kappa shape index (κ1) is 63.4. The van der Waals surface area contributed by atoms with Crippen LogP contribution in [0.1, 0.15) is 330 Å². The van der Waals surface area contributed by atoms with E-state index in [1.165, 1.54) is 218 Å². The summed E-state index contributed by atoms with van der Waals surface area (Å²) < 4.78 is 16.9. The van der Waals surface area contributed by atoms with Crippen LogP contribution in [0.25, 0.3) is 0 Å². The van der Waals surface area contributed by atoms with Crippen molar-refractivity contribution in [3.8, 4) is 0 Å². The lowest BCUT2D eigenvalue weighted by atomic mass is 9.99. The molecule has 0 heterocycles. The van der Waals surface area contributed by atoms with Crippen molar-refractivity contribution < 1.29 is 28.6 Å². The molecular formula is C59H114O6. The van der Waals surface area contributed by atoms with Crippen molar-refractivity contribution in [1.82, 2.24) is 0 Å². The number of unbranched alkanes of at least 4 members (excludes halogenated alkanes) is 37. The molecule has 0 saturated carbocycles. The van der Waals surface area contributed by atoms with Crippen LogP contribution in [0.3, 0.4) is 0 Å². The summed E-state index contributed by atoms with van der Waals surface area (Å²) in [7, 11) is 0. The Morgan fingerprint density at radius 2 is 0.585 bits per heavy atom. The topological polar surface area (TPSA) is 78.9 Å².